The second-order valence-electron chi connectivity index (χ2n) is 8.94. The number of amides is 1. The van der Waals surface area contributed by atoms with Crippen molar-refractivity contribution in [1.29, 1.82) is 0 Å². The molecule has 0 unspecified atom stereocenters. The zero-order valence-electron chi connectivity index (χ0n) is 19.0. The second-order valence-corrected chi connectivity index (χ2v) is 8.94. The number of nitrogens with one attached hydrogen (secondary N) is 1. The zero-order chi connectivity index (χ0) is 24.4. The summed E-state index contributed by atoms with van der Waals surface area (Å²) in [7, 11) is 0. The number of hydrogen-bond donors (Lipinski definition) is 2. The van der Waals surface area contributed by atoms with Gasteiger partial charge in [-0.25, -0.2) is 15.4 Å². The van der Waals surface area contributed by atoms with Crippen LogP contribution in [0.15, 0.2) is 76.6 Å². The normalized spacial score (nSPS) is 17.9. The summed E-state index contributed by atoms with van der Waals surface area (Å²) in [6.07, 6.45) is 7.74. The molecular weight excluding hydrogens is 442 g/mol. The Kier molecular flexibility index (Phi) is 6.33. The van der Waals surface area contributed by atoms with E-state index in [1.807, 2.05) is 61.0 Å². The molecule has 2 N–H and O–H groups in total. The van der Waals surface area contributed by atoms with E-state index in [0.29, 0.717) is 17.0 Å². The van der Waals surface area contributed by atoms with Crippen molar-refractivity contribution in [2.75, 3.05) is 0 Å². The zero-order valence-corrected chi connectivity index (χ0v) is 19.0. The molecule has 7 heteroatoms. The molecular formula is C28H24N3O4. The van der Waals surface area contributed by atoms with Crippen molar-refractivity contribution in [3.63, 3.8) is 0 Å². The van der Waals surface area contributed by atoms with Gasteiger partial charge >= 0.3 is 0 Å². The van der Waals surface area contributed by atoms with Crippen LogP contribution in [0.4, 0.5) is 0 Å². The number of hydroxylamine groups is 1. The molecule has 1 aromatic heterocycles. The average Bonchev–Trinajstić information content (AvgIpc) is 2.93. The molecule has 3 aromatic carbocycles. The van der Waals surface area contributed by atoms with Gasteiger partial charge in [-0.15, -0.1) is 0 Å². The molecule has 1 aliphatic rings. The lowest BCUT2D eigenvalue weighted by atomic mass is 9.74. The van der Waals surface area contributed by atoms with Crippen molar-refractivity contribution in [3.8, 4) is 11.1 Å². The van der Waals surface area contributed by atoms with Crippen LogP contribution in [0, 0.1) is 6.42 Å². The van der Waals surface area contributed by atoms with Crippen molar-refractivity contribution in [1.82, 2.24) is 15.4 Å². The molecule has 1 heterocycles. The number of nitrogens with zero attached hydrogens (tertiary/aromatic N) is 2. The van der Waals surface area contributed by atoms with E-state index in [-0.39, 0.29) is 22.8 Å². The Labute approximate surface area is 202 Å². The molecule has 1 radical (unpaired) electrons. The minimum Gasteiger partial charge on any atom is -0.288 e. The maximum atomic E-state index is 12.5. The smallest absolute Gasteiger partial charge is 0.277 e. The summed E-state index contributed by atoms with van der Waals surface area (Å²) in [6.45, 7) is 0. The average molecular weight is 467 g/mol. The lowest BCUT2D eigenvalue weighted by Gasteiger charge is -2.29. The van der Waals surface area contributed by atoms with E-state index >= 15 is 0 Å². The maximum Gasteiger partial charge on any atom is 0.277 e. The first-order valence-electron chi connectivity index (χ1n) is 11.6. The predicted molar refractivity (Wildman–Crippen MR) is 131 cm³/mol. The summed E-state index contributed by atoms with van der Waals surface area (Å²) < 4.78 is 0. The monoisotopic (exact) mass is 466 g/mol. The van der Waals surface area contributed by atoms with Gasteiger partial charge in [-0.05, 0) is 48.3 Å². The molecule has 1 aliphatic carbocycles. The molecule has 0 saturated heterocycles. The summed E-state index contributed by atoms with van der Waals surface area (Å²) >= 11 is 0. The van der Waals surface area contributed by atoms with Crippen LogP contribution >= 0.6 is 0 Å². The Morgan fingerprint density at radius 1 is 0.857 bits per heavy atom. The Hall–Kier alpha value is -3.97. The molecule has 5 rings (SSSR count). The highest BCUT2D eigenvalue weighted by Crippen LogP contribution is 2.40. The van der Waals surface area contributed by atoms with E-state index in [2.05, 4.69) is 9.97 Å². The number of hydrogen-bond acceptors (Lipinski definition) is 6. The summed E-state index contributed by atoms with van der Waals surface area (Å²) in [5.74, 6) is 0.157. The molecule has 1 amide bonds. The Morgan fingerprint density at radius 3 is 2.20 bits per heavy atom. The Bertz CT molecular complexity index is 1420. The van der Waals surface area contributed by atoms with Crippen LogP contribution in [0.1, 0.15) is 70.4 Å². The molecule has 0 spiro atoms. The van der Waals surface area contributed by atoms with Gasteiger partial charge in [0.2, 0.25) is 10.9 Å². The molecule has 4 aromatic rings. The van der Waals surface area contributed by atoms with E-state index in [0.717, 1.165) is 42.4 Å². The van der Waals surface area contributed by atoms with E-state index in [4.69, 9.17) is 5.21 Å². The highest BCUT2D eigenvalue weighted by molar-refractivity contribution is 5.92. The lowest BCUT2D eigenvalue weighted by Crippen LogP contribution is -2.41. The van der Waals surface area contributed by atoms with E-state index < -0.39 is 11.3 Å². The van der Waals surface area contributed by atoms with Gasteiger partial charge in [0.25, 0.3) is 5.91 Å². The van der Waals surface area contributed by atoms with Gasteiger partial charge in [0.1, 0.15) is 5.82 Å². The largest absolute Gasteiger partial charge is 0.288 e. The highest BCUT2D eigenvalue weighted by atomic mass is 16.5. The first kappa shape index (κ1) is 22.8. The van der Waals surface area contributed by atoms with Crippen LogP contribution in [-0.4, -0.2) is 21.1 Å². The maximum absolute atomic E-state index is 12.5. The quantitative estimate of drug-likeness (QED) is 0.253. The predicted octanol–water partition coefficient (Wildman–Crippen LogP) is 3.90. The molecule has 0 bridgehead atoms. The van der Waals surface area contributed by atoms with Crippen molar-refractivity contribution in [2.24, 2.45) is 0 Å². The minimum atomic E-state index is -0.654. The van der Waals surface area contributed by atoms with Crippen LogP contribution in [0.2, 0.25) is 0 Å². The van der Waals surface area contributed by atoms with Gasteiger partial charge in [-0.1, -0.05) is 54.6 Å². The third kappa shape index (κ3) is 4.55. The summed E-state index contributed by atoms with van der Waals surface area (Å²) in [5, 5.41) is 8.72. The molecule has 175 valence electrons. The number of carbonyl (C=O) groups is 1. The van der Waals surface area contributed by atoms with Gasteiger partial charge in [-0.2, -0.15) is 0 Å². The van der Waals surface area contributed by atoms with Crippen LogP contribution in [0.5, 0.6) is 0 Å². The van der Waals surface area contributed by atoms with Gasteiger partial charge in [0.05, 0.1) is 5.56 Å². The first-order chi connectivity index (χ1) is 17.0. The highest BCUT2D eigenvalue weighted by Gasteiger charge is 2.32. The van der Waals surface area contributed by atoms with Gasteiger partial charge in [-0.3, -0.25) is 19.6 Å². The van der Waals surface area contributed by atoms with Gasteiger partial charge in [0.15, 0.2) is 0 Å². The van der Waals surface area contributed by atoms with Crippen LogP contribution in [-0.2, 0) is 0 Å². The SMILES string of the molecule is O=C(NO)c1cnc(C2CCC(c3c([CH]c4cccc(-c5ccccc5)c4)c(=O)c3=O)CC2)nc1. The Morgan fingerprint density at radius 2 is 1.51 bits per heavy atom. The van der Waals surface area contributed by atoms with Gasteiger partial charge < -0.3 is 0 Å². The van der Waals surface area contributed by atoms with Crippen LogP contribution < -0.4 is 16.3 Å². The van der Waals surface area contributed by atoms with Crippen molar-refractivity contribution >= 4 is 5.91 Å². The molecule has 1 fully saturated rings. The fraction of sp³-hybridized carbons (Fsp3) is 0.214. The summed E-state index contributed by atoms with van der Waals surface area (Å²) in [6, 6.07) is 18.0. The fourth-order valence-electron chi connectivity index (χ4n) is 4.95. The molecule has 0 aliphatic heterocycles. The fourth-order valence-corrected chi connectivity index (χ4v) is 4.95. The van der Waals surface area contributed by atoms with Crippen LogP contribution in [0.25, 0.3) is 11.1 Å². The molecule has 35 heavy (non-hydrogen) atoms. The van der Waals surface area contributed by atoms with E-state index in [1.165, 1.54) is 12.4 Å². The number of carbonyl (C=O) groups excluding carboxylic acids is 1. The minimum absolute atomic E-state index is 0.0412. The topological polar surface area (TPSA) is 109 Å². The number of aromatic nitrogens is 2. The van der Waals surface area contributed by atoms with Crippen LogP contribution in [0.3, 0.4) is 0 Å². The summed E-state index contributed by atoms with van der Waals surface area (Å²) in [4.78, 5) is 45.0. The Balaban J connectivity index is 1.29. The first-order valence-corrected chi connectivity index (χ1v) is 11.6. The number of benzene rings is 2. The van der Waals surface area contributed by atoms with Crippen molar-refractivity contribution < 1.29 is 10.0 Å². The number of rotatable bonds is 6. The third-order valence-electron chi connectivity index (χ3n) is 6.83. The van der Waals surface area contributed by atoms with E-state index in [9.17, 15) is 14.4 Å². The molecule has 0 atom stereocenters. The standard InChI is InChI=1S/C28H24N3O4/c32-25-23(14-17-5-4-8-21(13-17)18-6-2-1-3-7-18)24(26(25)33)19-9-11-20(12-10-19)27-29-15-22(16-30-27)28(34)31-35/h1-8,13-16,19-20,35H,9-12H2,(H,31,34). The summed E-state index contributed by atoms with van der Waals surface area (Å²) in [5.41, 5.74) is 5.20. The van der Waals surface area contributed by atoms with Gasteiger partial charge in [0, 0.05) is 35.9 Å². The molecule has 1 saturated carbocycles. The second kappa shape index (κ2) is 9.72. The lowest BCUT2D eigenvalue weighted by molar-refractivity contribution is 0.0705. The van der Waals surface area contributed by atoms with Crippen molar-refractivity contribution in [3.05, 3.63) is 122 Å². The van der Waals surface area contributed by atoms with E-state index in [1.54, 1.807) is 5.48 Å². The molecule has 7 nitrogen and oxygen atoms in total. The van der Waals surface area contributed by atoms with Crippen molar-refractivity contribution in [2.45, 2.75) is 37.5 Å². The third-order valence-corrected chi connectivity index (χ3v) is 6.83.